The molecule has 28 heavy (non-hydrogen) atoms. The van der Waals surface area contributed by atoms with Gasteiger partial charge in [-0.2, -0.15) is 0 Å². The average molecular weight is 372 g/mol. The molecule has 0 bridgehead atoms. The summed E-state index contributed by atoms with van der Waals surface area (Å²) in [5.41, 5.74) is 1.24. The molecule has 1 saturated heterocycles. The van der Waals surface area contributed by atoms with E-state index in [1.165, 1.54) is 0 Å². The fourth-order valence-corrected chi connectivity index (χ4v) is 5.16. The Morgan fingerprint density at radius 2 is 1.71 bits per heavy atom. The van der Waals surface area contributed by atoms with Gasteiger partial charge >= 0.3 is 0 Å². The summed E-state index contributed by atoms with van der Waals surface area (Å²) in [4.78, 5) is 32.2. The highest BCUT2D eigenvalue weighted by atomic mass is 16.2. The largest absolute Gasteiger partial charge is 0.338 e. The molecule has 1 unspecified atom stereocenters. The van der Waals surface area contributed by atoms with Gasteiger partial charge in [0.05, 0.1) is 5.41 Å². The van der Waals surface area contributed by atoms with Crippen molar-refractivity contribution in [2.45, 2.75) is 37.8 Å². The summed E-state index contributed by atoms with van der Waals surface area (Å²) < 4.78 is 0. The molecule has 1 heterocycles. The van der Waals surface area contributed by atoms with E-state index < -0.39 is 11.5 Å². The third kappa shape index (κ3) is 2.82. The number of benzene rings is 2. The van der Waals surface area contributed by atoms with Crippen LogP contribution in [-0.2, 0) is 21.5 Å². The number of hydrogen-bond acceptors (Lipinski definition) is 2. The Kier molecular flexibility index (Phi) is 4.77. The Labute approximate surface area is 166 Å². The van der Waals surface area contributed by atoms with Gasteiger partial charge in [-0.1, -0.05) is 67.6 Å². The van der Waals surface area contributed by atoms with Gasteiger partial charge in [-0.05, 0) is 23.5 Å². The molecule has 0 radical (unpaired) electrons. The van der Waals surface area contributed by atoms with E-state index in [9.17, 15) is 9.59 Å². The summed E-state index contributed by atoms with van der Waals surface area (Å²) in [6, 6.07) is 19.1. The van der Waals surface area contributed by atoms with Crippen LogP contribution in [0.3, 0.4) is 0 Å². The average Bonchev–Trinajstić information content (AvgIpc) is 2.74. The Morgan fingerprint density at radius 1 is 1.07 bits per heavy atom. The van der Waals surface area contributed by atoms with Gasteiger partial charge in [-0.25, -0.2) is 6.57 Å². The lowest BCUT2D eigenvalue weighted by Crippen LogP contribution is -2.62. The second-order valence-corrected chi connectivity index (χ2v) is 7.98. The number of piperidine rings is 1. The predicted octanol–water partition coefficient (Wildman–Crippen LogP) is 3.87. The molecule has 1 aliphatic heterocycles. The highest BCUT2D eigenvalue weighted by Crippen LogP contribution is 2.51. The highest BCUT2D eigenvalue weighted by Gasteiger charge is 2.61. The van der Waals surface area contributed by atoms with E-state index in [-0.39, 0.29) is 23.5 Å². The molecule has 2 fully saturated rings. The van der Waals surface area contributed by atoms with Gasteiger partial charge in [0.15, 0.2) is 0 Å². The first-order valence-electron chi connectivity index (χ1n) is 9.87. The molecule has 0 spiro atoms. The number of fused-ring (bicyclic) bond motifs is 1. The Bertz CT molecular complexity index is 919. The van der Waals surface area contributed by atoms with Crippen molar-refractivity contribution in [1.29, 1.82) is 0 Å². The summed E-state index contributed by atoms with van der Waals surface area (Å²) in [6.07, 6.45) is 1.07. The van der Waals surface area contributed by atoms with Crippen LogP contribution in [0.4, 0.5) is 0 Å². The number of hydrogen-bond donors (Lipinski definition) is 0. The lowest BCUT2D eigenvalue weighted by Gasteiger charge is -2.51. The lowest BCUT2D eigenvalue weighted by atomic mass is 9.54. The van der Waals surface area contributed by atoms with Gasteiger partial charge in [0.1, 0.15) is 0 Å². The molecular weight excluding hydrogens is 348 g/mol. The van der Waals surface area contributed by atoms with Crippen LogP contribution in [0.15, 0.2) is 60.7 Å². The first kappa shape index (κ1) is 18.4. The molecule has 1 aliphatic carbocycles. The maximum atomic E-state index is 13.9. The number of carbonyl (C=O) groups is 2. The smallest absolute Gasteiger partial charge is 0.282 e. The van der Waals surface area contributed by atoms with E-state index >= 15 is 0 Å². The molecular formula is C24H24N2O2. The van der Waals surface area contributed by atoms with Crippen LogP contribution in [0.25, 0.3) is 4.85 Å². The molecule has 4 heteroatoms. The van der Waals surface area contributed by atoms with E-state index in [1.807, 2.05) is 72.5 Å². The zero-order valence-corrected chi connectivity index (χ0v) is 16.0. The minimum Gasteiger partial charge on any atom is -0.338 e. The van der Waals surface area contributed by atoms with Crippen LogP contribution in [0.2, 0.25) is 0 Å². The standard InChI is InChI=1S/C24H24N2O2/c1-17-20-13-14-26(16-18-9-5-3-6-10-18)23(28)24(20,15-21(25-2)22(17)27)19-11-7-4-8-12-19/h3-12,17,20-21H,13-16H2,1H3/t17-,20-,21?,24+/m0/s1. The number of amides is 1. The van der Waals surface area contributed by atoms with Gasteiger partial charge in [-0.15, -0.1) is 0 Å². The number of ketones is 1. The number of carbonyl (C=O) groups excluding carboxylic acids is 2. The van der Waals surface area contributed by atoms with Crippen LogP contribution < -0.4 is 0 Å². The van der Waals surface area contributed by atoms with Gasteiger partial charge in [-0.3, -0.25) is 9.59 Å². The summed E-state index contributed by atoms with van der Waals surface area (Å²) in [5.74, 6) is -0.279. The minimum absolute atomic E-state index is 0.00383. The Morgan fingerprint density at radius 3 is 2.36 bits per heavy atom. The topological polar surface area (TPSA) is 41.7 Å². The number of Topliss-reactive ketones (excluding diaryl/α,β-unsaturated/α-hetero) is 1. The first-order chi connectivity index (χ1) is 13.6. The molecule has 1 amide bonds. The molecule has 1 saturated carbocycles. The summed E-state index contributed by atoms with van der Waals surface area (Å²) >= 11 is 0. The van der Waals surface area contributed by atoms with E-state index in [1.54, 1.807) is 0 Å². The van der Waals surface area contributed by atoms with E-state index in [0.29, 0.717) is 19.5 Å². The first-order valence-corrected chi connectivity index (χ1v) is 9.87. The van der Waals surface area contributed by atoms with Crippen molar-refractivity contribution in [1.82, 2.24) is 4.90 Å². The molecule has 142 valence electrons. The maximum Gasteiger partial charge on any atom is 0.282 e. The molecule has 0 aromatic heterocycles. The van der Waals surface area contributed by atoms with Gasteiger partial charge in [0.25, 0.3) is 6.04 Å². The number of rotatable bonds is 3. The van der Waals surface area contributed by atoms with Crippen molar-refractivity contribution in [3.63, 3.8) is 0 Å². The molecule has 0 N–H and O–H groups in total. The number of nitrogens with zero attached hydrogens (tertiary/aromatic N) is 2. The fraction of sp³-hybridized carbons (Fsp3) is 0.375. The second-order valence-electron chi connectivity index (χ2n) is 7.98. The fourth-order valence-electron chi connectivity index (χ4n) is 5.16. The third-order valence-corrected chi connectivity index (χ3v) is 6.57. The van der Waals surface area contributed by atoms with Crippen LogP contribution in [-0.4, -0.2) is 29.2 Å². The maximum absolute atomic E-state index is 13.9. The number of likely N-dealkylation sites (tertiary alicyclic amines) is 1. The van der Waals surface area contributed by atoms with Crippen molar-refractivity contribution in [2.24, 2.45) is 11.8 Å². The zero-order chi connectivity index (χ0) is 19.7. The van der Waals surface area contributed by atoms with Crippen molar-refractivity contribution in [3.05, 3.63) is 83.2 Å². The van der Waals surface area contributed by atoms with Crippen LogP contribution in [0, 0.1) is 18.4 Å². The van der Waals surface area contributed by atoms with Crippen LogP contribution in [0.5, 0.6) is 0 Å². The normalized spacial score (nSPS) is 29.9. The third-order valence-electron chi connectivity index (χ3n) is 6.57. The quantitative estimate of drug-likeness (QED) is 0.768. The minimum atomic E-state index is -0.795. The molecule has 2 aliphatic rings. The van der Waals surface area contributed by atoms with Crippen LogP contribution >= 0.6 is 0 Å². The van der Waals surface area contributed by atoms with Gasteiger partial charge in [0.2, 0.25) is 11.7 Å². The summed E-state index contributed by atoms with van der Waals surface area (Å²) in [7, 11) is 0. The molecule has 4 nitrogen and oxygen atoms in total. The predicted molar refractivity (Wildman–Crippen MR) is 107 cm³/mol. The molecule has 2 aromatic carbocycles. The second kappa shape index (κ2) is 7.24. The highest BCUT2D eigenvalue weighted by molar-refractivity contribution is 5.97. The van der Waals surface area contributed by atoms with E-state index in [0.717, 1.165) is 17.5 Å². The molecule has 4 atom stereocenters. The Balaban J connectivity index is 1.78. The summed E-state index contributed by atoms with van der Waals surface area (Å²) in [6.45, 7) is 10.7. The van der Waals surface area contributed by atoms with Crippen molar-refractivity contribution < 1.29 is 9.59 Å². The summed E-state index contributed by atoms with van der Waals surface area (Å²) in [5, 5.41) is 0. The van der Waals surface area contributed by atoms with Crippen LogP contribution in [0.1, 0.15) is 30.9 Å². The van der Waals surface area contributed by atoms with Crippen molar-refractivity contribution >= 4 is 11.7 Å². The lowest BCUT2D eigenvalue weighted by molar-refractivity contribution is -0.152. The van der Waals surface area contributed by atoms with Crippen molar-refractivity contribution in [2.75, 3.05) is 6.54 Å². The molecule has 2 aromatic rings. The zero-order valence-electron chi connectivity index (χ0n) is 16.0. The van der Waals surface area contributed by atoms with Gasteiger partial charge in [0, 0.05) is 25.4 Å². The van der Waals surface area contributed by atoms with E-state index in [4.69, 9.17) is 6.57 Å². The Hall–Kier alpha value is -2.93. The molecule has 4 rings (SSSR count). The van der Waals surface area contributed by atoms with Gasteiger partial charge < -0.3 is 9.74 Å². The van der Waals surface area contributed by atoms with Crippen molar-refractivity contribution in [3.8, 4) is 0 Å². The van der Waals surface area contributed by atoms with E-state index in [2.05, 4.69) is 4.85 Å². The monoisotopic (exact) mass is 372 g/mol. The SMILES string of the molecule is [C-]#[N+]C1C[C@]2(c3ccccc3)C(=O)N(Cc3ccccc3)CC[C@H]2[C@H](C)C1=O.